The molecular weight excluding hydrogens is 278 g/mol. The number of hydrogen-bond acceptors (Lipinski definition) is 5. The molecule has 2 heterocycles. The molecular formula is C14H20ClN3O2. The Labute approximate surface area is 124 Å². The summed E-state index contributed by atoms with van der Waals surface area (Å²) < 4.78 is 5.07. The molecule has 0 radical (unpaired) electrons. The monoisotopic (exact) mass is 297 g/mol. The molecule has 0 amide bonds. The van der Waals surface area contributed by atoms with Gasteiger partial charge in [0.15, 0.2) is 0 Å². The molecule has 0 aliphatic carbocycles. The molecule has 0 saturated carbocycles. The second-order valence-corrected chi connectivity index (χ2v) is 5.44. The average Bonchev–Trinajstić information content (AvgIpc) is 2.38. The van der Waals surface area contributed by atoms with Crippen LogP contribution in [0.4, 0.5) is 0 Å². The highest BCUT2D eigenvalue weighted by Gasteiger charge is 2.26. The summed E-state index contributed by atoms with van der Waals surface area (Å²) in [6.07, 6.45) is 1.66. The lowest BCUT2D eigenvalue weighted by atomic mass is 9.97. The maximum Gasteiger partial charge on any atom is 0.309 e. The quantitative estimate of drug-likeness (QED) is 0.630. The standard InChI is InChI=1S/C14H20ClN3O2/c1-3-20-14(19)11-4-6-18(7-5-11)9-13-16-10(2)8-12(15)17-13/h8,11H,3-7,9H2,1-2H3. The normalized spacial score (nSPS) is 17.1. The van der Waals surface area contributed by atoms with Crippen LogP contribution in [0.1, 0.15) is 31.3 Å². The van der Waals surface area contributed by atoms with Gasteiger partial charge in [0.25, 0.3) is 0 Å². The minimum Gasteiger partial charge on any atom is -0.466 e. The van der Waals surface area contributed by atoms with Gasteiger partial charge in [-0.3, -0.25) is 9.69 Å². The Morgan fingerprint density at radius 1 is 1.45 bits per heavy atom. The van der Waals surface area contributed by atoms with Crippen molar-refractivity contribution in [1.82, 2.24) is 14.9 Å². The van der Waals surface area contributed by atoms with Gasteiger partial charge in [-0.15, -0.1) is 0 Å². The summed E-state index contributed by atoms with van der Waals surface area (Å²) >= 11 is 5.94. The fourth-order valence-electron chi connectivity index (χ4n) is 2.45. The van der Waals surface area contributed by atoms with Crippen molar-refractivity contribution in [2.75, 3.05) is 19.7 Å². The van der Waals surface area contributed by atoms with Crippen LogP contribution in [-0.4, -0.2) is 40.5 Å². The van der Waals surface area contributed by atoms with Crippen LogP contribution in [0.5, 0.6) is 0 Å². The van der Waals surface area contributed by atoms with E-state index in [4.69, 9.17) is 16.3 Å². The smallest absolute Gasteiger partial charge is 0.309 e. The fraction of sp³-hybridized carbons (Fsp3) is 0.643. The minimum absolute atomic E-state index is 0.0354. The maximum absolute atomic E-state index is 11.7. The van der Waals surface area contributed by atoms with E-state index in [-0.39, 0.29) is 11.9 Å². The van der Waals surface area contributed by atoms with Gasteiger partial charge in [0.1, 0.15) is 11.0 Å². The number of piperidine rings is 1. The van der Waals surface area contributed by atoms with E-state index < -0.39 is 0 Å². The van der Waals surface area contributed by atoms with Gasteiger partial charge in [-0.1, -0.05) is 11.6 Å². The number of esters is 1. The van der Waals surface area contributed by atoms with Crippen LogP contribution in [0.3, 0.4) is 0 Å². The summed E-state index contributed by atoms with van der Waals surface area (Å²) in [5.74, 6) is 0.708. The van der Waals surface area contributed by atoms with Crippen molar-refractivity contribution in [3.05, 3.63) is 22.7 Å². The van der Waals surface area contributed by atoms with E-state index >= 15 is 0 Å². The maximum atomic E-state index is 11.7. The van der Waals surface area contributed by atoms with Gasteiger partial charge in [0.05, 0.1) is 19.1 Å². The molecule has 1 aromatic heterocycles. The van der Waals surface area contributed by atoms with Crippen LogP contribution >= 0.6 is 11.6 Å². The zero-order valence-corrected chi connectivity index (χ0v) is 12.7. The Balaban J connectivity index is 1.86. The lowest BCUT2D eigenvalue weighted by Gasteiger charge is -2.30. The SMILES string of the molecule is CCOC(=O)C1CCN(Cc2nc(C)cc(Cl)n2)CC1. The van der Waals surface area contributed by atoms with Gasteiger partial charge in [-0.05, 0) is 45.8 Å². The van der Waals surface area contributed by atoms with E-state index in [1.807, 2.05) is 13.8 Å². The molecule has 1 aliphatic heterocycles. The van der Waals surface area contributed by atoms with Gasteiger partial charge >= 0.3 is 5.97 Å². The molecule has 2 rings (SSSR count). The highest BCUT2D eigenvalue weighted by molar-refractivity contribution is 6.29. The van der Waals surface area contributed by atoms with Gasteiger partial charge in [0, 0.05) is 5.69 Å². The predicted molar refractivity (Wildman–Crippen MR) is 76.4 cm³/mol. The van der Waals surface area contributed by atoms with Crippen LogP contribution in [0.2, 0.25) is 5.15 Å². The third-order valence-corrected chi connectivity index (χ3v) is 3.64. The van der Waals surface area contributed by atoms with Crippen molar-refractivity contribution < 1.29 is 9.53 Å². The molecule has 0 N–H and O–H groups in total. The zero-order valence-electron chi connectivity index (χ0n) is 11.9. The van der Waals surface area contributed by atoms with Gasteiger partial charge in [0.2, 0.25) is 0 Å². The van der Waals surface area contributed by atoms with Crippen LogP contribution in [0.25, 0.3) is 0 Å². The molecule has 0 aromatic carbocycles. The molecule has 20 heavy (non-hydrogen) atoms. The topological polar surface area (TPSA) is 55.3 Å². The summed E-state index contributed by atoms with van der Waals surface area (Å²) in [5.41, 5.74) is 0.876. The van der Waals surface area contributed by atoms with Crippen molar-refractivity contribution in [3.63, 3.8) is 0 Å². The average molecular weight is 298 g/mol. The Kier molecular flexibility index (Phi) is 5.31. The second-order valence-electron chi connectivity index (χ2n) is 5.05. The molecule has 0 unspecified atom stereocenters. The van der Waals surface area contributed by atoms with E-state index in [2.05, 4.69) is 14.9 Å². The van der Waals surface area contributed by atoms with Crippen molar-refractivity contribution in [2.24, 2.45) is 5.92 Å². The van der Waals surface area contributed by atoms with Gasteiger partial charge in [-0.2, -0.15) is 0 Å². The van der Waals surface area contributed by atoms with Crippen molar-refractivity contribution in [2.45, 2.75) is 33.2 Å². The number of likely N-dealkylation sites (tertiary alicyclic amines) is 1. The number of hydrogen-bond donors (Lipinski definition) is 0. The molecule has 1 saturated heterocycles. The Morgan fingerprint density at radius 3 is 2.75 bits per heavy atom. The van der Waals surface area contributed by atoms with Crippen molar-refractivity contribution in [1.29, 1.82) is 0 Å². The van der Waals surface area contributed by atoms with Crippen LogP contribution < -0.4 is 0 Å². The third-order valence-electron chi connectivity index (χ3n) is 3.44. The zero-order chi connectivity index (χ0) is 14.5. The number of nitrogens with zero attached hydrogens (tertiary/aromatic N) is 3. The second kappa shape index (κ2) is 6.99. The first-order valence-electron chi connectivity index (χ1n) is 6.97. The number of halogens is 1. The van der Waals surface area contributed by atoms with E-state index in [0.717, 1.165) is 37.4 Å². The summed E-state index contributed by atoms with van der Waals surface area (Å²) in [6.45, 7) is 6.60. The Hall–Kier alpha value is -1.20. The molecule has 1 aromatic rings. The molecule has 1 fully saturated rings. The third kappa shape index (κ3) is 4.15. The predicted octanol–water partition coefficient (Wildman–Crippen LogP) is 2.21. The first kappa shape index (κ1) is 15.2. The molecule has 5 nitrogen and oxygen atoms in total. The van der Waals surface area contributed by atoms with E-state index in [1.165, 1.54) is 0 Å². The summed E-state index contributed by atoms with van der Waals surface area (Å²) in [7, 11) is 0. The molecule has 6 heteroatoms. The number of ether oxygens (including phenoxy) is 1. The first-order valence-corrected chi connectivity index (χ1v) is 7.35. The van der Waals surface area contributed by atoms with Crippen molar-refractivity contribution >= 4 is 17.6 Å². The summed E-state index contributed by atoms with van der Waals surface area (Å²) in [4.78, 5) is 22.5. The molecule has 0 spiro atoms. The first-order chi connectivity index (χ1) is 9.58. The molecule has 0 atom stereocenters. The van der Waals surface area contributed by atoms with Crippen LogP contribution in [0, 0.1) is 12.8 Å². The summed E-state index contributed by atoms with van der Waals surface area (Å²) in [6, 6.07) is 1.75. The fourth-order valence-corrected chi connectivity index (χ4v) is 2.70. The minimum atomic E-state index is -0.0676. The largest absolute Gasteiger partial charge is 0.466 e. The van der Waals surface area contributed by atoms with E-state index in [9.17, 15) is 4.79 Å². The van der Waals surface area contributed by atoms with Crippen LogP contribution in [-0.2, 0) is 16.1 Å². The number of carbonyl (C=O) groups excluding carboxylic acids is 1. The number of carbonyl (C=O) groups is 1. The summed E-state index contributed by atoms with van der Waals surface area (Å²) in [5, 5.41) is 0.480. The highest BCUT2D eigenvalue weighted by atomic mass is 35.5. The van der Waals surface area contributed by atoms with Gasteiger partial charge in [-0.25, -0.2) is 9.97 Å². The Bertz CT molecular complexity index is 453. The number of rotatable bonds is 4. The number of aryl methyl sites for hydroxylation is 1. The molecule has 0 bridgehead atoms. The van der Waals surface area contributed by atoms with E-state index in [1.54, 1.807) is 6.07 Å². The lowest BCUT2D eigenvalue weighted by Crippen LogP contribution is -2.36. The van der Waals surface area contributed by atoms with Gasteiger partial charge < -0.3 is 4.74 Å². The van der Waals surface area contributed by atoms with Crippen molar-refractivity contribution in [3.8, 4) is 0 Å². The Morgan fingerprint density at radius 2 is 2.15 bits per heavy atom. The number of aromatic nitrogens is 2. The van der Waals surface area contributed by atoms with E-state index in [0.29, 0.717) is 18.3 Å². The molecule has 110 valence electrons. The molecule has 1 aliphatic rings. The lowest BCUT2D eigenvalue weighted by molar-refractivity contribution is -0.149. The highest BCUT2D eigenvalue weighted by Crippen LogP contribution is 2.20. The van der Waals surface area contributed by atoms with Crippen LogP contribution in [0.15, 0.2) is 6.07 Å².